The lowest BCUT2D eigenvalue weighted by molar-refractivity contribution is -0.123. The Morgan fingerprint density at radius 1 is 1.09 bits per heavy atom. The first-order valence-electron chi connectivity index (χ1n) is 10.1. The largest absolute Gasteiger partial charge is 0.493 e. The molecule has 1 saturated heterocycles. The van der Waals surface area contributed by atoms with Crippen molar-refractivity contribution < 1.29 is 19.1 Å². The lowest BCUT2D eigenvalue weighted by atomic mass is 10.2. The van der Waals surface area contributed by atoms with Crippen LogP contribution < -0.4 is 14.9 Å². The Kier molecular flexibility index (Phi) is 7.52. The third-order valence-electron chi connectivity index (χ3n) is 4.87. The third-order valence-corrected chi connectivity index (χ3v) is 6.54. The van der Waals surface area contributed by atoms with Crippen molar-refractivity contribution in [2.24, 2.45) is 0 Å². The van der Waals surface area contributed by atoms with Crippen LogP contribution in [-0.4, -0.2) is 28.3 Å². The van der Waals surface area contributed by atoms with Crippen LogP contribution in [0.3, 0.4) is 0 Å². The topological polar surface area (TPSA) is 67.9 Å². The summed E-state index contributed by atoms with van der Waals surface area (Å²) in [5.41, 5.74) is 4.57. The van der Waals surface area contributed by atoms with E-state index in [1.54, 1.807) is 67.8 Å². The Hall–Kier alpha value is -3.33. The predicted octanol–water partition coefficient (Wildman–Crippen LogP) is 5.47. The van der Waals surface area contributed by atoms with Crippen LogP contribution in [-0.2, 0) is 11.4 Å². The van der Waals surface area contributed by atoms with Gasteiger partial charge in [0.1, 0.15) is 6.61 Å². The normalized spacial score (nSPS) is 14.4. The van der Waals surface area contributed by atoms with E-state index in [1.165, 1.54) is 0 Å². The highest BCUT2D eigenvalue weighted by atomic mass is 35.5. The van der Waals surface area contributed by atoms with E-state index in [9.17, 15) is 9.59 Å². The second-order valence-corrected chi connectivity index (χ2v) is 9.20. The molecule has 0 aromatic heterocycles. The number of carbonyl (C=O) groups excluding carboxylic acids is 2. The quantitative estimate of drug-likeness (QED) is 0.335. The van der Waals surface area contributed by atoms with Crippen molar-refractivity contribution in [1.82, 2.24) is 10.4 Å². The lowest BCUT2D eigenvalue weighted by Gasteiger charge is -2.15. The predicted molar refractivity (Wildman–Crippen MR) is 138 cm³/mol. The zero-order chi connectivity index (χ0) is 24.1. The van der Waals surface area contributed by atoms with Gasteiger partial charge in [-0.3, -0.25) is 15.0 Å². The minimum atomic E-state index is -0.417. The summed E-state index contributed by atoms with van der Waals surface area (Å²) in [6.45, 7) is 0.287. The van der Waals surface area contributed by atoms with Gasteiger partial charge in [-0.05, 0) is 54.2 Å². The number of benzene rings is 3. The van der Waals surface area contributed by atoms with Gasteiger partial charge in [0.2, 0.25) is 0 Å². The molecule has 0 atom stereocenters. The van der Waals surface area contributed by atoms with Gasteiger partial charge in [0.25, 0.3) is 11.8 Å². The minimum absolute atomic E-state index is 0.243. The molecule has 0 aliphatic carbocycles. The van der Waals surface area contributed by atoms with E-state index in [2.05, 4.69) is 5.43 Å². The van der Waals surface area contributed by atoms with Gasteiger partial charge in [-0.25, -0.2) is 0 Å². The summed E-state index contributed by atoms with van der Waals surface area (Å²) in [4.78, 5) is 25.7. The Morgan fingerprint density at radius 2 is 1.82 bits per heavy atom. The number of methoxy groups -OCH3 is 1. The van der Waals surface area contributed by atoms with Crippen molar-refractivity contribution in [3.8, 4) is 11.5 Å². The number of thioether (sulfide) groups is 1. The summed E-state index contributed by atoms with van der Waals surface area (Å²) in [7, 11) is 1.54. The fourth-order valence-corrected chi connectivity index (χ4v) is 4.50. The number of ether oxygens (including phenoxy) is 2. The zero-order valence-electron chi connectivity index (χ0n) is 18.0. The van der Waals surface area contributed by atoms with E-state index < -0.39 is 11.8 Å². The Balaban J connectivity index is 1.47. The van der Waals surface area contributed by atoms with Crippen molar-refractivity contribution >= 4 is 57.8 Å². The number of amides is 2. The smallest absolute Gasteiger partial charge is 0.285 e. The summed E-state index contributed by atoms with van der Waals surface area (Å²) < 4.78 is 11.6. The molecule has 1 aliphatic heterocycles. The summed E-state index contributed by atoms with van der Waals surface area (Å²) in [5.74, 6) is 0.230. The molecule has 0 unspecified atom stereocenters. The summed E-state index contributed by atoms with van der Waals surface area (Å²) >= 11 is 12.6. The van der Waals surface area contributed by atoms with E-state index in [1.807, 2.05) is 18.2 Å². The van der Waals surface area contributed by atoms with Gasteiger partial charge in [-0.1, -0.05) is 65.8 Å². The number of rotatable bonds is 7. The van der Waals surface area contributed by atoms with Gasteiger partial charge in [-0.15, -0.1) is 0 Å². The number of hydrogen-bond donors (Lipinski definition) is 1. The number of hydrogen-bond acceptors (Lipinski definition) is 6. The van der Waals surface area contributed by atoms with Gasteiger partial charge < -0.3 is 9.47 Å². The molecule has 0 bridgehead atoms. The van der Waals surface area contributed by atoms with Crippen molar-refractivity contribution in [2.75, 3.05) is 7.11 Å². The van der Waals surface area contributed by atoms with Gasteiger partial charge in [0.15, 0.2) is 15.8 Å². The average Bonchev–Trinajstić information content (AvgIpc) is 3.11. The fraction of sp³-hybridized carbons (Fsp3) is 0.0800. The molecule has 0 saturated carbocycles. The molecule has 1 fully saturated rings. The van der Waals surface area contributed by atoms with E-state index in [-0.39, 0.29) is 10.9 Å². The second-order valence-electron chi connectivity index (χ2n) is 7.11. The molecule has 3 aromatic carbocycles. The maximum atomic E-state index is 12.9. The first kappa shape index (κ1) is 23.8. The molecule has 1 aliphatic rings. The highest BCUT2D eigenvalue weighted by Gasteiger charge is 2.33. The van der Waals surface area contributed by atoms with Crippen LogP contribution in [0.15, 0.2) is 77.7 Å². The van der Waals surface area contributed by atoms with Gasteiger partial charge in [-0.2, -0.15) is 5.01 Å². The zero-order valence-corrected chi connectivity index (χ0v) is 20.4. The van der Waals surface area contributed by atoms with Gasteiger partial charge in [0.05, 0.1) is 12.0 Å². The number of thiocarbonyl (C=S) groups is 1. The molecule has 0 radical (unpaired) electrons. The highest BCUT2D eigenvalue weighted by molar-refractivity contribution is 8.26. The van der Waals surface area contributed by atoms with Crippen LogP contribution in [0, 0.1) is 0 Å². The Labute approximate surface area is 211 Å². The molecule has 0 spiro atoms. The van der Waals surface area contributed by atoms with Crippen molar-refractivity contribution in [1.29, 1.82) is 0 Å². The molecule has 4 rings (SSSR count). The summed E-state index contributed by atoms with van der Waals surface area (Å²) in [6.07, 6.45) is 1.69. The molecule has 2 amide bonds. The maximum absolute atomic E-state index is 12.9. The molecular weight excluding hydrogens is 492 g/mol. The van der Waals surface area contributed by atoms with Crippen molar-refractivity contribution in [3.05, 3.63) is 99.4 Å². The summed E-state index contributed by atoms with van der Waals surface area (Å²) in [5, 5.41) is 1.71. The molecule has 6 nitrogen and oxygen atoms in total. The monoisotopic (exact) mass is 510 g/mol. The fourth-order valence-electron chi connectivity index (χ4n) is 3.14. The van der Waals surface area contributed by atoms with E-state index in [0.717, 1.165) is 27.9 Å². The molecule has 1 heterocycles. The van der Waals surface area contributed by atoms with Crippen LogP contribution in [0.25, 0.3) is 6.08 Å². The minimum Gasteiger partial charge on any atom is -0.493 e. The summed E-state index contributed by atoms with van der Waals surface area (Å²) in [6, 6.07) is 21.4. The van der Waals surface area contributed by atoms with E-state index >= 15 is 0 Å². The first-order chi connectivity index (χ1) is 16.5. The van der Waals surface area contributed by atoms with Gasteiger partial charge in [0, 0.05) is 16.1 Å². The molecule has 9 heteroatoms. The van der Waals surface area contributed by atoms with Crippen LogP contribution in [0.5, 0.6) is 11.5 Å². The van der Waals surface area contributed by atoms with Crippen LogP contribution in [0.1, 0.15) is 21.5 Å². The van der Waals surface area contributed by atoms with Crippen LogP contribution >= 0.6 is 35.6 Å². The first-order valence-corrected chi connectivity index (χ1v) is 11.7. The van der Waals surface area contributed by atoms with E-state index in [4.69, 9.17) is 33.3 Å². The number of hydrazine groups is 1. The second kappa shape index (κ2) is 10.7. The Bertz CT molecular complexity index is 1280. The maximum Gasteiger partial charge on any atom is 0.285 e. The van der Waals surface area contributed by atoms with E-state index in [0.29, 0.717) is 27.0 Å². The SMILES string of the molecule is COc1cc(/C=C2\SC(=S)N(NC(=O)c3ccccc3)C2=O)ccc1OCc1ccccc1Cl. The Morgan fingerprint density at radius 3 is 2.56 bits per heavy atom. The van der Waals surface area contributed by atoms with Crippen LogP contribution in [0.2, 0.25) is 5.02 Å². The number of carbonyl (C=O) groups is 2. The molecule has 1 N–H and O–H groups in total. The van der Waals surface area contributed by atoms with Crippen molar-refractivity contribution in [3.63, 3.8) is 0 Å². The number of halogens is 1. The van der Waals surface area contributed by atoms with Crippen molar-refractivity contribution in [2.45, 2.75) is 6.61 Å². The molecule has 172 valence electrons. The standard InChI is InChI=1S/C25H19ClN2O4S2/c1-31-21-13-16(11-12-20(21)32-15-18-9-5-6-10-19(18)26)14-22-24(30)28(25(33)34-22)27-23(29)17-7-3-2-4-8-17/h2-14H,15H2,1H3,(H,27,29)/b22-14-. The lowest BCUT2D eigenvalue weighted by Crippen LogP contribution is -2.44. The number of nitrogens with zero attached hydrogens (tertiary/aromatic N) is 1. The average molecular weight is 511 g/mol. The molecular formula is C25H19ClN2O4S2. The molecule has 3 aromatic rings. The highest BCUT2D eigenvalue weighted by Crippen LogP contribution is 2.34. The third kappa shape index (κ3) is 5.41. The number of nitrogens with one attached hydrogen (secondary N) is 1. The van der Waals surface area contributed by atoms with Gasteiger partial charge >= 0.3 is 0 Å². The molecule has 34 heavy (non-hydrogen) atoms. The van der Waals surface area contributed by atoms with Crippen LogP contribution in [0.4, 0.5) is 0 Å².